The van der Waals surface area contributed by atoms with Gasteiger partial charge in [0, 0.05) is 16.6 Å². The summed E-state index contributed by atoms with van der Waals surface area (Å²) in [4.78, 5) is 0. The number of para-hydroxylation sites is 2. The fourth-order valence-electron chi connectivity index (χ4n) is 2.77. The van der Waals surface area contributed by atoms with Crippen molar-refractivity contribution in [1.29, 1.82) is 0 Å². The van der Waals surface area contributed by atoms with Gasteiger partial charge in [-0.15, -0.1) is 0 Å². The third kappa shape index (κ3) is 2.61. The van der Waals surface area contributed by atoms with Gasteiger partial charge in [0.15, 0.2) is 0 Å². The molecule has 0 bridgehead atoms. The van der Waals surface area contributed by atoms with Gasteiger partial charge in [0.2, 0.25) is 0 Å². The van der Waals surface area contributed by atoms with E-state index in [0.29, 0.717) is 0 Å². The van der Waals surface area contributed by atoms with Crippen molar-refractivity contribution in [3.05, 3.63) is 87.7 Å². The van der Waals surface area contributed by atoms with Crippen molar-refractivity contribution >= 4 is 46.0 Å². The zero-order valence-corrected chi connectivity index (χ0v) is 13.9. The standard InChI is InChI=1S/C20H14ClNS/c21-20-18(11-10-15-12-13-23-14-15)17-8-4-5-9-19(17)22(20)16-6-2-1-3-7-16/h1-14H/b11-10+. The van der Waals surface area contributed by atoms with Gasteiger partial charge in [0.05, 0.1) is 5.52 Å². The highest BCUT2D eigenvalue weighted by molar-refractivity contribution is 7.08. The van der Waals surface area contributed by atoms with Gasteiger partial charge >= 0.3 is 0 Å². The molecule has 0 spiro atoms. The molecule has 112 valence electrons. The Bertz CT molecular complexity index is 966. The fourth-order valence-corrected chi connectivity index (χ4v) is 3.75. The molecule has 0 fully saturated rings. The summed E-state index contributed by atoms with van der Waals surface area (Å²) in [5.74, 6) is 0. The van der Waals surface area contributed by atoms with Gasteiger partial charge in [0.1, 0.15) is 5.15 Å². The summed E-state index contributed by atoms with van der Waals surface area (Å²) < 4.78 is 2.10. The Morgan fingerprint density at radius 1 is 0.870 bits per heavy atom. The average molecular weight is 336 g/mol. The normalized spacial score (nSPS) is 11.5. The number of hydrogen-bond acceptors (Lipinski definition) is 1. The summed E-state index contributed by atoms with van der Waals surface area (Å²) in [6.45, 7) is 0. The van der Waals surface area contributed by atoms with Gasteiger partial charge < -0.3 is 0 Å². The highest BCUT2D eigenvalue weighted by Gasteiger charge is 2.14. The first-order chi connectivity index (χ1) is 11.3. The van der Waals surface area contributed by atoms with Gasteiger partial charge in [-0.25, -0.2) is 0 Å². The lowest BCUT2D eigenvalue weighted by atomic mass is 10.1. The Hall–Kier alpha value is -2.29. The highest BCUT2D eigenvalue weighted by atomic mass is 35.5. The lowest BCUT2D eigenvalue weighted by Gasteiger charge is -2.06. The van der Waals surface area contributed by atoms with Gasteiger partial charge in [-0.2, -0.15) is 11.3 Å². The van der Waals surface area contributed by atoms with Crippen LogP contribution in [-0.2, 0) is 0 Å². The lowest BCUT2D eigenvalue weighted by Crippen LogP contribution is -1.92. The van der Waals surface area contributed by atoms with E-state index in [0.717, 1.165) is 27.3 Å². The monoisotopic (exact) mass is 335 g/mol. The Morgan fingerprint density at radius 2 is 1.65 bits per heavy atom. The topological polar surface area (TPSA) is 4.93 Å². The molecule has 2 aromatic heterocycles. The molecule has 4 rings (SSSR count). The van der Waals surface area contributed by atoms with E-state index >= 15 is 0 Å². The Labute approximate surface area is 144 Å². The second-order valence-corrected chi connectivity index (χ2v) is 6.42. The zero-order chi connectivity index (χ0) is 15.6. The minimum absolute atomic E-state index is 0.740. The van der Waals surface area contributed by atoms with Crippen LogP contribution in [0.4, 0.5) is 0 Å². The van der Waals surface area contributed by atoms with E-state index in [-0.39, 0.29) is 0 Å². The van der Waals surface area contributed by atoms with Crippen LogP contribution in [0.25, 0.3) is 28.7 Å². The second-order valence-electron chi connectivity index (χ2n) is 5.28. The van der Waals surface area contributed by atoms with Crippen molar-refractivity contribution in [2.45, 2.75) is 0 Å². The molecule has 0 atom stereocenters. The molecular weight excluding hydrogens is 322 g/mol. The lowest BCUT2D eigenvalue weighted by molar-refractivity contribution is 1.13. The van der Waals surface area contributed by atoms with E-state index in [1.165, 1.54) is 5.56 Å². The molecule has 0 aliphatic rings. The molecule has 4 aromatic rings. The minimum Gasteiger partial charge on any atom is -0.300 e. The minimum atomic E-state index is 0.740. The number of thiophene rings is 1. The smallest absolute Gasteiger partial charge is 0.121 e. The molecule has 3 heteroatoms. The van der Waals surface area contributed by atoms with E-state index in [2.05, 4.69) is 63.9 Å². The third-order valence-electron chi connectivity index (χ3n) is 3.85. The Kier molecular flexibility index (Phi) is 3.78. The van der Waals surface area contributed by atoms with Crippen LogP contribution in [0.5, 0.6) is 0 Å². The number of rotatable bonds is 3. The van der Waals surface area contributed by atoms with Crippen LogP contribution >= 0.6 is 22.9 Å². The first-order valence-electron chi connectivity index (χ1n) is 7.39. The first-order valence-corrected chi connectivity index (χ1v) is 8.71. The van der Waals surface area contributed by atoms with E-state index in [1.54, 1.807) is 11.3 Å². The van der Waals surface area contributed by atoms with Crippen molar-refractivity contribution < 1.29 is 0 Å². The van der Waals surface area contributed by atoms with Crippen LogP contribution < -0.4 is 0 Å². The summed E-state index contributed by atoms with van der Waals surface area (Å²) in [5, 5.41) is 6.10. The van der Waals surface area contributed by atoms with Crippen LogP contribution in [0.2, 0.25) is 5.15 Å². The summed E-state index contributed by atoms with van der Waals surface area (Å²) in [7, 11) is 0. The molecular formula is C20H14ClNS. The number of halogens is 1. The number of fused-ring (bicyclic) bond motifs is 1. The predicted octanol–water partition coefficient (Wildman–Crippen LogP) is 6.52. The first kappa shape index (κ1) is 14.3. The Morgan fingerprint density at radius 3 is 2.43 bits per heavy atom. The van der Waals surface area contributed by atoms with Crippen LogP contribution in [0.1, 0.15) is 11.1 Å². The van der Waals surface area contributed by atoms with Crippen molar-refractivity contribution in [2.75, 3.05) is 0 Å². The fraction of sp³-hybridized carbons (Fsp3) is 0. The molecule has 2 aromatic carbocycles. The molecule has 0 saturated heterocycles. The molecule has 0 aliphatic carbocycles. The maximum absolute atomic E-state index is 6.74. The third-order valence-corrected chi connectivity index (χ3v) is 4.93. The molecule has 0 N–H and O–H groups in total. The van der Waals surface area contributed by atoms with Crippen LogP contribution in [-0.4, -0.2) is 4.57 Å². The largest absolute Gasteiger partial charge is 0.300 e. The highest BCUT2D eigenvalue weighted by Crippen LogP contribution is 2.34. The quantitative estimate of drug-likeness (QED) is 0.402. The van der Waals surface area contributed by atoms with Crippen LogP contribution in [0.3, 0.4) is 0 Å². The molecule has 0 unspecified atom stereocenters. The number of aromatic nitrogens is 1. The van der Waals surface area contributed by atoms with Crippen molar-refractivity contribution in [3.63, 3.8) is 0 Å². The summed E-state index contributed by atoms with van der Waals surface area (Å²) >= 11 is 8.44. The van der Waals surface area contributed by atoms with E-state index in [1.807, 2.05) is 24.3 Å². The van der Waals surface area contributed by atoms with Crippen LogP contribution in [0.15, 0.2) is 71.4 Å². The number of nitrogens with zero attached hydrogens (tertiary/aromatic N) is 1. The molecule has 1 nitrogen and oxygen atoms in total. The van der Waals surface area contributed by atoms with Gasteiger partial charge in [-0.05, 0) is 40.6 Å². The van der Waals surface area contributed by atoms with E-state index in [4.69, 9.17) is 11.6 Å². The molecule has 0 saturated carbocycles. The second kappa shape index (κ2) is 6.07. The molecule has 2 heterocycles. The number of hydrogen-bond donors (Lipinski definition) is 0. The maximum Gasteiger partial charge on any atom is 0.121 e. The Balaban J connectivity index is 1.93. The number of benzene rings is 2. The van der Waals surface area contributed by atoms with Crippen LogP contribution in [0, 0.1) is 0 Å². The predicted molar refractivity (Wildman–Crippen MR) is 102 cm³/mol. The zero-order valence-electron chi connectivity index (χ0n) is 12.3. The summed E-state index contributed by atoms with van der Waals surface area (Å²) in [6, 6.07) is 20.6. The van der Waals surface area contributed by atoms with Crippen molar-refractivity contribution in [1.82, 2.24) is 4.57 Å². The van der Waals surface area contributed by atoms with Gasteiger partial charge in [-0.3, -0.25) is 4.57 Å². The summed E-state index contributed by atoms with van der Waals surface area (Å²) in [5.41, 5.74) is 4.44. The maximum atomic E-state index is 6.74. The average Bonchev–Trinajstić information content (AvgIpc) is 3.19. The molecule has 0 amide bonds. The van der Waals surface area contributed by atoms with Gasteiger partial charge in [0.25, 0.3) is 0 Å². The van der Waals surface area contributed by atoms with Crippen molar-refractivity contribution in [3.8, 4) is 5.69 Å². The van der Waals surface area contributed by atoms with Gasteiger partial charge in [-0.1, -0.05) is 60.2 Å². The molecule has 0 radical (unpaired) electrons. The van der Waals surface area contributed by atoms with E-state index < -0.39 is 0 Å². The molecule has 0 aliphatic heterocycles. The SMILES string of the molecule is Clc1c(/C=C/c2ccsc2)c2ccccc2n1-c1ccccc1. The van der Waals surface area contributed by atoms with E-state index in [9.17, 15) is 0 Å². The molecule has 23 heavy (non-hydrogen) atoms. The van der Waals surface area contributed by atoms with Crippen molar-refractivity contribution in [2.24, 2.45) is 0 Å². The summed E-state index contributed by atoms with van der Waals surface area (Å²) in [6.07, 6.45) is 4.21.